The Balaban J connectivity index is 1.64. The number of para-hydroxylation sites is 2. The molecule has 4 aromatic rings. The van der Waals surface area contributed by atoms with Crippen LogP contribution in [0, 0.1) is 26.2 Å². The minimum absolute atomic E-state index is 0.701. The van der Waals surface area contributed by atoms with Gasteiger partial charge in [-0.25, -0.2) is 0 Å². The summed E-state index contributed by atoms with van der Waals surface area (Å²) in [5.74, 6) is 2.74. The number of rotatable bonds is 9. The molecule has 0 aliphatic heterocycles. The lowest BCUT2D eigenvalue weighted by Gasteiger charge is -2.26. The number of nitrogens with zero attached hydrogens (tertiary/aromatic N) is 2. The lowest BCUT2D eigenvalue weighted by atomic mass is 10.2. The van der Waals surface area contributed by atoms with Crippen LogP contribution in [0.4, 0.5) is 17.1 Å². The lowest BCUT2D eigenvalue weighted by Crippen LogP contribution is -2.17. The van der Waals surface area contributed by atoms with Gasteiger partial charge < -0.3 is 4.90 Å². The van der Waals surface area contributed by atoms with E-state index in [0.717, 1.165) is 27.7 Å². The van der Waals surface area contributed by atoms with E-state index in [4.69, 9.17) is 6.42 Å². The molecule has 0 heterocycles. The van der Waals surface area contributed by atoms with Gasteiger partial charge in [-0.05, 0) is 80.4 Å². The second-order valence-corrected chi connectivity index (χ2v) is 9.47. The van der Waals surface area contributed by atoms with Crippen molar-refractivity contribution in [3.8, 4) is 12.3 Å². The van der Waals surface area contributed by atoms with Gasteiger partial charge in [0.25, 0.3) is 0 Å². The van der Waals surface area contributed by atoms with Crippen LogP contribution >= 0.6 is 11.9 Å². The summed E-state index contributed by atoms with van der Waals surface area (Å²) in [5.41, 5.74) is 6.77. The molecule has 0 unspecified atom stereocenters. The van der Waals surface area contributed by atoms with E-state index < -0.39 is 0 Å². The number of benzene rings is 4. The summed E-state index contributed by atoms with van der Waals surface area (Å²) >= 11 is 1.66. The Hall–Kier alpha value is -4.13. The van der Waals surface area contributed by atoms with E-state index in [0.29, 0.717) is 6.54 Å². The molecular weight excluding hydrogens is 456 g/mol. The Morgan fingerprint density at radius 3 is 1.83 bits per heavy atom. The Morgan fingerprint density at radius 1 is 0.722 bits per heavy atom. The number of anilines is 3. The maximum atomic E-state index is 5.78. The molecule has 36 heavy (non-hydrogen) atoms. The zero-order valence-corrected chi connectivity index (χ0v) is 21.5. The average Bonchev–Trinajstić information content (AvgIpc) is 2.92. The van der Waals surface area contributed by atoms with Gasteiger partial charge in [-0.15, -0.1) is 6.42 Å². The van der Waals surface area contributed by atoms with Crippen LogP contribution in [0.3, 0.4) is 0 Å². The molecule has 0 atom stereocenters. The molecule has 4 aromatic carbocycles. The van der Waals surface area contributed by atoms with Gasteiger partial charge in [0.05, 0.1) is 11.4 Å². The van der Waals surface area contributed by atoms with Gasteiger partial charge in [0, 0.05) is 28.9 Å². The highest BCUT2D eigenvalue weighted by Crippen LogP contribution is 2.33. The van der Waals surface area contributed by atoms with Crippen molar-refractivity contribution in [1.82, 2.24) is 0 Å². The summed E-state index contributed by atoms with van der Waals surface area (Å²) in [5, 5.41) is 0. The Morgan fingerprint density at radius 2 is 1.25 bits per heavy atom. The number of terminal acetylenes is 1. The first-order valence-corrected chi connectivity index (χ1v) is 12.7. The topological polar surface area (TPSA) is 6.48 Å². The first kappa shape index (κ1) is 25.0. The summed E-state index contributed by atoms with van der Waals surface area (Å²) in [6, 6.07) is 37.9. The normalized spacial score (nSPS) is 11.3. The van der Waals surface area contributed by atoms with Gasteiger partial charge in [0.1, 0.15) is 0 Å². The van der Waals surface area contributed by atoms with E-state index in [1.807, 2.05) is 30.3 Å². The van der Waals surface area contributed by atoms with Crippen LogP contribution in [-0.2, 0) is 0 Å². The number of hydrogen-bond acceptors (Lipinski definition) is 3. The van der Waals surface area contributed by atoms with E-state index in [1.165, 1.54) is 11.1 Å². The second kappa shape index (κ2) is 12.5. The zero-order valence-electron chi connectivity index (χ0n) is 20.7. The molecule has 0 bridgehead atoms. The van der Waals surface area contributed by atoms with Crippen molar-refractivity contribution >= 4 is 29.0 Å². The third kappa shape index (κ3) is 6.72. The smallest absolute Gasteiger partial charge is 0.0609 e. The van der Waals surface area contributed by atoms with E-state index in [9.17, 15) is 0 Å². The van der Waals surface area contributed by atoms with Crippen LogP contribution in [-0.4, -0.2) is 6.54 Å². The highest BCUT2D eigenvalue weighted by molar-refractivity contribution is 8.00. The molecule has 0 radical (unpaired) electrons. The SMILES string of the molecule is C#C/C=C(\C=C/CN(c1ccccc1)c1ccc(C)cc1)N(Sc1ccc(C)cc1)c1ccccc1. The molecule has 0 aliphatic carbocycles. The molecule has 178 valence electrons. The summed E-state index contributed by atoms with van der Waals surface area (Å²) in [6.45, 7) is 4.91. The fraction of sp³-hybridized carbons (Fsp3) is 0.0909. The zero-order chi connectivity index (χ0) is 25.2. The molecule has 0 saturated heterocycles. The molecule has 4 rings (SSSR count). The fourth-order valence-corrected chi connectivity index (χ4v) is 4.67. The third-order valence-electron chi connectivity index (χ3n) is 5.66. The molecule has 0 aromatic heterocycles. The van der Waals surface area contributed by atoms with Crippen LogP contribution in [0.5, 0.6) is 0 Å². The van der Waals surface area contributed by atoms with Gasteiger partial charge in [0.15, 0.2) is 0 Å². The van der Waals surface area contributed by atoms with Gasteiger partial charge in [-0.2, -0.15) is 0 Å². The van der Waals surface area contributed by atoms with Crippen LogP contribution in [0.15, 0.2) is 138 Å². The van der Waals surface area contributed by atoms with Crippen molar-refractivity contribution in [3.63, 3.8) is 0 Å². The maximum Gasteiger partial charge on any atom is 0.0609 e. The molecule has 0 spiro atoms. The van der Waals surface area contributed by atoms with Gasteiger partial charge >= 0.3 is 0 Å². The predicted octanol–water partition coefficient (Wildman–Crippen LogP) is 8.73. The Bertz CT molecular complexity index is 1330. The highest BCUT2D eigenvalue weighted by Gasteiger charge is 2.13. The van der Waals surface area contributed by atoms with Crippen molar-refractivity contribution in [2.75, 3.05) is 15.7 Å². The largest absolute Gasteiger partial charge is 0.338 e. The minimum Gasteiger partial charge on any atom is -0.338 e. The van der Waals surface area contributed by atoms with Gasteiger partial charge in [0.2, 0.25) is 0 Å². The molecule has 2 nitrogen and oxygen atoms in total. The second-order valence-electron chi connectivity index (χ2n) is 8.45. The summed E-state index contributed by atoms with van der Waals surface area (Å²) in [4.78, 5) is 3.44. The lowest BCUT2D eigenvalue weighted by molar-refractivity contribution is 1.09. The van der Waals surface area contributed by atoms with Gasteiger partial charge in [-0.3, -0.25) is 4.31 Å². The van der Waals surface area contributed by atoms with Gasteiger partial charge in [-0.1, -0.05) is 83.8 Å². The molecule has 3 heteroatoms. The summed E-state index contributed by atoms with van der Waals surface area (Å²) < 4.78 is 2.18. The van der Waals surface area contributed by atoms with Crippen molar-refractivity contribution in [2.24, 2.45) is 0 Å². The molecular formula is C33H30N2S. The standard InChI is InChI=1S/C33H30N2S/c1-4-12-31(35(32-15-9-6-10-16-32)36-33-24-20-28(3)21-25-33)17-11-26-34(29-13-7-5-8-14-29)30-22-18-27(2)19-23-30/h1,5-25H,26H2,2-3H3/b17-11-,31-12+. The van der Waals surface area contributed by atoms with E-state index in [2.05, 4.69) is 126 Å². The summed E-state index contributed by atoms with van der Waals surface area (Å²) in [7, 11) is 0. The van der Waals surface area contributed by atoms with Crippen molar-refractivity contribution < 1.29 is 0 Å². The molecule has 0 saturated carbocycles. The number of allylic oxidation sites excluding steroid dienone is 2. The van der Waals surface area contributed by atoms with Crippen molar-refractivity contribution in [1.29, 1.82) is 0 Å². The van der Waals surface area contributed by atoms with Crippen molar-refractivity contribution in [3.05, 3.63) is 144 Å². The average molecular weight is 487 g/mol. The van der Waals surface area contributed by atoms with Crippen molar-refractivity contribution in [2.45, 2.75) is 18.7 Å². The fourth-order valence-electron chi connectivity index (χ4n) is 3.75. The van der Waals surface area contributed by atoms with E-state index in [-0.39, 0.29) is 0 Å². The predicted molar refractivity (Wildman–Crippen MR) is 157 cm³/mol. The molecule has 0 amide bonds. The van der Waals surface area contributed by atoms with E-state index >= 15 is 0 Å². The maximum absolute atomic E-state index is 5.78. The van der Waals surface area contributed by atoms with E-state index in [1.54, 1.807) is 11.9 Å². The van der Waals surface area contributed by atoms with Crippen LogP contribution in [0.1, 0.15) is 11.1 Å². The van der Waals surface area contributed by atoms with Crippen LogP contribution < -0.4 is 9.21 Å². The van der Waals surface area contributed by atoms with Crippen LogP contribution in [0.2, 0.25) is 0 Å². The highest BCUT2D eigenvalue weighted by atomic mass is 32.2. The third-order valence-corrected chi connectivity index (χ3v) is 6.75. The molecule has 0 aliphatic rings. The minimum atomic E-state index is 0.701. The first-order chi connectivity index (χ1) is 17.6. The quantitative estimate of drug-likeness (QED) is 0.133. The monoisotopic (exact) mass is 486 g/mol. The Kier molecular flexibility index (Phi) is 8.70. The number of hydrogen-bond donors (Lipinski definition) is 0. The molecule has 0 fully saturated rings. The molecule has 0 N–H and O–H groups in total. The van der Waals surface area contributed by atoms with Crippen LogP contribution in [0.25, 0.3) is 0 Å². The Labute approximate surface area is 219 Å². The summed E-state index contributed by atoms with van der Waals surface area (Å²) in [6.07, 6.45) is 11.9. The first-order valence-electron chi connectivity index (χ1n) is 12.0. The number of aryl methyl sites for hydroxylation is 2.